The van der Waals surface area contributed by atoms with Gasteiger partial charge in [-0.3, -0.25) is 4.90 Å². The summed E-state index contributed by atoms with van der Waals surface area (Å²) in [5.74, 6) is 0.714. The molecule has 2 heterocycles. The molecule has 1 atom stereocenters. The maximum atomic E-state index is 11.0. The zero-order chi connectivity index (χ0) is 17.8. The van der Waals surface area contributed by atoms with Crippen molar-refractivity contribution in [3.8, 4) is 11.8 Å². The van der Waals surface area contributed by atoms with E-state index in [1.54, 1.807) is 18.5 Å². The first-order valence-electron chi connectivity index (χ1n) is 8.75. The molecule has 5 nitrogen and oxygen atoms in total. The lowest BCUT2D eigenvalue weighted by Crippen LogP contribution is -2.30. The second-order valence-corrected chi connectivity index (χ2v) is 6.64. The lowest BCUT2D eigenvalue weighted by molar-refractivity contribution is 0.0453. The van der Waals surface area contributed by atoms with Gasteiger partial charge in [0.15, 0.2) is 0 Å². The number of β-amino-alcohol motifs (C(OH)–C–C–N with tert-alkyl or cyclic N) is 1. The predicted octanol–water partition coefficient (Wildman–Crippen LogP) is 3.78. The van der Waals surface area contributed by atoms with Crippen molar-refractivity contribution in [1.29, 1.82) is 0 Å². The normalized spacial score (nSPS) is 19.4. The fourth-order valence-electron chi connectivity index (χ4n) is 3.40. The van der Waals surface area contributed by atoms with Gasteiger partial charge in [0.2, 0.25) is 0 Å². The molecule has 1 aliphatic heterocycles. The molecule has 140 valence electrons. The fourth-order valence-corrected chi connectivity index (χ4v) is 3.40. The van der Waals surface area contributed by atoms with Crippen molar-refractivity contribution in [2.75, 3.05) is 13.1 Å². The van der Waals surface area contributed by atoms with E-state index in [1.807, 2.05) is 48.5 Å². The molecule has 6 heteroatoms. The summed E-state index contributed by atoms with van der Waals surface area (Å²) in [7, 11) is 0. The van der Waals surface area contributed by atoms with Gasteiger partial charge in [0.1, 0.15) is 11.4 Å². The van der Waals surface area contributed by atoms with Gasteiger partial charge < -0.3 is 9.84 Å². The minimum absolute atomic E-state index is 0. The van der Waals surface area contributed by atoms with Crippen LogP contribution < -0.4 is 4.74 Å². The Kier molecular flexibility index (Phi) is 6.06. The van der Waals surface area contributed by atoms with Crippen LogP contribution in [0.2, 0.25) is 0 Å². The molecule has 0 spiro atoms. The molecular formula is C21H22ClN3O2. The van der Waals surface area contributed by atoms with E-state index in [9.17, 15) is 5.11 Å². The van der Waals surface area contributed by atoms with Crippen LogP contribution in [-0.4, -0.2) is 33.1 Å². The van der Waals surface area contributed by atoms with Crippen LogP contribution in [0.4, 0.5) is 0 Å². The molecular weight excluding hydrogens is 362 g/mol. The highest BCUT2D eigenvalue weighted by Gasteiger charge is 2.37. The summed E-state index contributed by atoms with van der Waals surface area (Å²) in [6, 6.07) is 19.9. The summed E-state index contributed by atoms with van der Waals surface area (Å²) in [4.78, 5) is 10.4. The van der Waals surface area contributed by atoms with E-state index in [1.165, 1.54) is 0 Å². The van der Waals surface area contributed by atoms with Crippen molar-refractivity contribution in [1.82, 2.24) is 14.9 Å². The Morgan fingerprint density at radius 3 is 2.56 bits per heavy atom. The summed E-state index contributed by atoms with van der Waals surface area (Å²) in [5.41, 5.74) is 1.35. The zero-order valence-electron chi connectivity index (χ0n) is 14.9. The van der Waals surface area contributed by atoms with Crippen molar-refractivity contribution in [3.05, 3.63) is 84.2 Å². The first kappa shape index (κ1) is 19.3. The molecule has 3 aromatic rings. The van der Waals surface area contributed by atoms with E-state index in [-0.39, 0.29) is 12.4 Å². The van der Waals surface area contributed by atoms with Gasteiger partial charge in [-0.15, -0.1) is 12.4 Å². The second kappa shape index (κ2) is 8.48. The molecule has 1 N–H and O–H groups in total. The Balaban J connectivity index is 0.00000210. The maximum absolute atomic E-state index is 11.0. The largest absolute Gasteiger partial charge is 0.424 e. The van der Waals surface area contributed by atoms with E-state index in [0.717, 1.165) is 30.6 Å². The molecule has 0 saturated carbocycles. The number of hydrogen-bond donors (Lipinski definition) is 1. The van der Waals surface area contributed by atoms with Gasteiger partial charge in [-0.1, -0.05) is 42.5 Å². The van der Waals surface area contributed by atoms with E-state index in [2.05, 4.69) is 20.9 Å². The number of ether oxygens (including phenoxy) is 1. The van der Waals surface area contributed by atoms with Crippen LogP contribution in [0.5, 0.6) is 11.8 Å². The quantitative estimate of drug-likeness (QED) is 0.726. The Labute approximate surface area is 165 Å². The summed E-state index contributed by atoms with van der Waals surface area (Å²) in [6.45, 7) is 2.25. The highest BCUT2D eigenvalue weighted by molar-refractivity contribution is 5.85. The predicted molar refractivity (Wildman–Crippen MR) is 106 cm³/mol. The van der Waals surface area contributed by atoms with Gasteiger partial charge in [-0.2, -0.15) is 0 Å². The maximum Gasteiger partial charge on any atom is 0.321 e. The number of aromatic nitrogens is 2. The highest BCUT2D eigenvalue weighted by Crippen LogP contribution is 2.32. The molecule has 1 aliphatic rings. The van der Waals surface area contributed by atoms with Crippen molar-refractivity contribution in [2.24, 2.45) is 0 Å². The number of hydrogen-bond acceptors (Lipinski definition) is 5. The molecule has 2 aromatic carbocycles. The average molecular weight is 384 g/mol. The summed E-state index contributed by atoms with van der Waals surface area (Å²) >= 11 is 0. The first-order chi connectivity index (χ1) is 12.7. The molecule has 0 radical (unpaired) electrons. The Morgan fingerprint density at radius 2 is 1.78 bits per heavy atom. The lowest BCUT2D eigenvalue weighted by Gasteiger charge is -2.24. The van der Waals surface area contributed by atoms with Crippen LogP contribution >= 0.6 is 12.4 Å². The van der Waals surface area contributed by atoms with Gasteiger partial charge in [-0.05, 0) is 35.7 Å². The molecule has 1 aromatic heterocycles. The number of halogens is 1. The Morgan fingerprint density at radius 1 is 1.00 bits per heavy atom. The van der Waals surface area contributed by atoms with Crippen LogP contribution in [-0.2, 0) is 12.1 Å². The van der Waals surface area contributed by atoms with Crippen LogP contribution in [0.25, 0.3) is 0 Å². The Hall–Kier alpha value is -2.47. The van der Waals surface area contributed by atoms with E-state index < -0.39 is 5.60 Å². The van der Waals surface area contributed by atoms with Gasteiger partial charge in [0.25, 0.3) is 0 Å². The topological polar surface area (TPSA) is 58.5 Å². The SMILES string of the molecule is Cl.OC1(c2ccccc2)CCN(Cc2cccc(Oc3ncccn3)c2)C1. The van der Waals surface area contributed by atoms with Gasteiger partial charge in [0, 0.05) is 32.0 Å². The van der Waals surface area contributed by atoms with Crippen LogP contribution in [0.1, 0.15) is 17.5 Å². The highest BCUT2D eigenvalue weighted by atomic mass is 35.5. The third-order valence-corrected chi connectivity index (χ3v) is 4.69. The number of benzene rings is 2. The molecule has 4 rings (SSSR count). The van der Waals surface area contributed by atoms with Crippen LogP contribution in [0.3, 0.4) is 0 Å². The van der Waals surface area contributed by atoms with Crippen molar-refractivity contribution >= 4 is 12.4 Å². The smallest absolute Gasteiger partial charge is 0.321 e. The lowest BCUT2D eigenvalue weighted by atomic mass is 9.93. The van der Waals surface area contributed by atoms with E-state index in [0.29, 0.717) is 18.3 Å². The molecule has 1 unspecified atom stereocenters. The number of likely N-dealkylation sites (tertiary alicyclic amines) is 1. The molecule has 27 heavy (non-hydrogen) atoms. The molecule has 0 aliphatic carbocycles. The monoisotopic (exact) mass is 383 g/mol. The van der Waals surface area contributed by atoms with Gasteiger partial charge in [0.05, 0.1) is 0 Å². The van der Waals surface area contributed by atoms with Gasteiger partial charge >= 0.3 is 6.01 Å². The standard InChI is InChI=1S/C21H21N3O2.ClH/c25-21(18-7-2-1-3-8-18)10-13-24(16-21)15-17-6-4-9-19(14-17)26-20-22-11-5-12-23-20;/h1-9,11-12,14,25H,10,13,15-16H2;1H. The Bertz CT molecular complexity index is 864. The van der Waals surface area contributed by atoms with E-state index in [4.69, 9.17) is 4.74 Å². The molecule has 0 amide bonds. The fraction of sp³-hybridized carbons (Fsp3) is 0.238. The molecule has 1 saturated heterocycles. The zero-order valence-corrected chi connectivity index (χ0v) is 15.7. The summed E-state index contributed by atoms with van der Waals surface area (Å²) < 4.78 is 5.70. The number of nitrogens with zero attached hydrogens (tertiary/aromatic N) is 3. The molecule has 0 bridgehead atoms. The summed E-state index contributed by atoms with van der Waals surface area (Å²) in [5, 5.41) is 11.0. The van der Waals surface area contributed by atoms with Crippen molar-refractivity contribution < 1.29 is 9.84 Å². The van der Waals surface area contributed by atoms with E-state index >= 15 is 0 Å². The van der Waals surface area contributed by atoms with Gasteiger partial charge in [-0.25, -0.2) is 9.97 Å². The van der Waals surface area contributed by atoms with Crippen LogP contribution in [0, 0.1) is 0 Å². The number of rotatable bonds is 5. The minimum Gasteiger partial charge on any atom is -0.424 e. The third kappa shape index (κ3) is 4.63. The van der Waals surface area contributed by atoms with Crippen LogP contribution in [0.15, 0.2) is 73.1 Å². The molecule has 1 fully saturated rings. The van der Waals surface area contributed by atoms with Crippen molar-refractivity contribution in [3.63, 3.8) is 0 Å². The first-order valence-corrected chi connectivity index (χ1v) is 8.75. The summed E-state index contributed by atoms with van der Waals surface area (Å²) in [6.07, 6.45) is 4.05. The minimum atomic E-state index is -0.771. The third-order valence-electron chi connectivity index (χ3n) is 4.69. The second-order valence-electron chi connectivity index (χ2n) is 6.64. The van der Waals surface area contributed by atoms with Crippen molar-refractivity contribution in [2.45, 2.75) is 18.6 Å². The number of aliphatic hydroxyl groups is 1. The average Bonchev–Trinajstić information content (AvgIpc) is 3.06.